The van der Waals surface area contributed by atoms with Crippen LogP contribution in [0.25, 0.3) is 10.9 Å². The number of benzene rings is 3. The Kier molecular flexibility index (Phi) is 8.79. The molecule has 1 atom stereocenters. The van der Waals surface area contributed by atoms with E-state index in [4.69, 9.17) is 18.9 Å². The summed E-state index contributed by atoms with van der Waals surface area (Å²) in [5.74, 6) is 2.51. The van der Waals surface area contributed by atoms with Gasteiger partial charge >= 0.3 is 0 Å². The molecule has 200 valence electrons. The highest BCUT2D eigenvalue weighted by atomic mass is 16.5. The van der Waals surface area contributed by atoms with E-state index in [9.17, 15) is 4.79 Å². The molecule has 0 radical (unpaired) electrons. The summed E-state index contributed by atoms with van der Waals surface area (Å²) in [6.45, 7) is 2.65. The molecule has 7 nitrogen and oxygen atoms in total. The molecule has 0 aliphatic heterocycles. The van der Waals surface area contributed by atoms with Gasteiger partial charge in [0, 0.05) is 47.6 Å². The van der Waals surface area contributed by atoms with E-state index in [0.29, 0.717) is 36.0 Å². The van der Waals surface area contributed by atoms with Crippen molar-refractivity contribution in [3.05, 3.63) is 83.0 Å². The van der Waals surface area contributed by atoms with E-state index in [1.54, 1.807) is 28.4 Å². The summed E-state index contributed by atoms with van der Waals surface area (Å²) in [6.07, 6.45) is 3.90. The molecule has 4 aromatic rings. The maximum Gasteiger partial charge on any atom is 0.220 e. The minimum absolute atomic E-state index is 0.0330. The molecule has 0 bridgehead atoms. The van der Waals surface area contributed by atoms with Gasteiger partial charge in [-0.2, -0.15) is 0 Å². The zero-order valence-electron chi connectivity index (χ0n) is 22.7. The second-order valence-corrected chi connectivity index (χ2v) is 9.09. The quantitative estimate of drug-likeness (QED) is 0.254. The van der Waals surface area contributed by atoms with Gasteiger partial charge in [0.05, 0.1) is 28.4 Å². The molecule has 0 saturated heterocycles. The lowest BCUT2D eigenvalue weighted by molar-refractivity contribution is -0.121. The highest BCUT2D eigenvalue weighted by Crippen LogP contribution is 2.40. The lowest BCUT2D eigenvalue weighted by Crippen LogP contribution is -2.27. The topological polar surface area (TPSA) is 81.8 Å². The predicted octanol–water partition coefficient (Wildman–Crippen LogP) is 5.65. The summed E-state index contributed by atoms with van der Waals surface area (Å²) in [4.78, 5) is 16.7. The standard InChI is InChI=1S/C31H36N2O5/c1-6-21-8-7-9-24-26(19-33-31(21)24)25(23-12-11-22(35-2)17-28(23)37-4)18-30(34)32-15-14-20-10-13-27(36-3)29(16-20)38-5/h7-13,16-17,19,25,33H,6,14-15,18H2,1-5H3,(H,32,34). The number of para-hydroxylation sites is 1. The van der Waals surface area contributed by atoms with E-state index >= 15 is 0 Å². The fraction of sp³-hybridized carbons (Fsp3) is 0.323. The maximum atomic E-state index is 13.3. The molecule has 1 unspecified atom stereocenters. The number of rotatable bonds is 12. The summed E-state index contributed by atoms with van der Waals surface area (Å²) in [5, 5.41) is 4.22. The Morgan fingerprint density at radius 3 is 2.37 bits per heavy atom. The fourth-order valence-corrected chi connectivity index (χ4v) is 4.96. The van der Waals surface area contributed by atoms with Crippen LogP contribution in [0.15, 0.2) is 60.8 Å². The molecular formula is C31H36N2O5. The van der Waals surface area contributed by atoms with Gasteiger partial charge in [-0.15, -0.1) is 0 Å². The van der Waals surface area contributed by atoms with Gasteiger partial charge in [0.25, 0.3) is 0 Å². The lowest BCUT2D eigenvalue weighted by atomic mass is 9.87. The number of H-pyrrole nitrogens is 1. The van der Waals surface area contributed by atoms with Crippen LogP contribution in [0.4, 0.5) is 0 Å². The van der Waals surface area contributed by atoms with Crippen molar-refractivity contribution in [3.8, 4) is 23.0 Å². The molecule has 3 aromatic carbocycles. The third-order valence-corrected chi connectivity index (χ3v) is 6.98. The molecule has 1 heterocycles. The molecule has 0 spiro atoms. The molecule has 1 aromatic heterocycles. The first-order valence-electron chi connectivity index (χ1n) is 12.8. The Hall–Kier alpha value is -4.13. The zero-order valence-corrected chi connectivity index (χ0v) is 22.7. The average molecular weight is 517 g/mol. The molecule has 2 N–H and O–H groups in total. The van der Waals surface area contributed by atoms with Crippen LogP contribution < -0.4 is 24.3 Å². The maximum absolute atomic E-state index is 13.3. The van der Waals surface area contributed by atoms with Crippen molar-refractivity contribution in [2.45, 2.75) is 32.1 Å². The predicted molar refractivity (Wildman–Crippen MR) is 150 cm³/mol. The summed E-state index contributed by atoms with van der Waals surface area (Å²) >= 11 is 0. The van der Waals surface area contributed by atoms with Crippen molar-refractivity contribution < 1.29 is 23.7 Å². The summed E-state index contributed by atoms with van der Waals surface area (Å²) in [6, 6.07) is 17.9. The zero-order chi connectivity index (χ0) is 27.1. The highest BCUT2D eigenvalue weighted by molar-refractivity contribution is 5.88. The van der Waals surface area contributed by atoms with E-state index in [2.05, 4.69) is 35.4 Å². The van der Waals surface area contributed by atoms with Gasteiger partial charge in [-0.1, -0.05) is 37.3 Å². The van der Waals surface area contributed by atoms with Gasteiger partial charge < -0.3 is 29.2 Å². The minimum atomic E-state index is -0.210. The van der Waals surface area contributed by atoms with Crippen molar-refractivity contribution in [2.24, 2.45) is 0 Å². The number of carbonyl (C=O) groups excluding carboxylic acids is 1. The van der Waals surface area contributed by atoms with Gasteiger partial charge in [0.15, 0.2) is 11.5 Å². The largest absolute Gasteiger partial charge is 0.497 e. The molecule has 4 rings (SSSR count). The van der Waals surface area contributed by atoms with Gasteiger partial charge in [0.2, 0.25) is 5.91 Å². The normalized spacial score (nSPS) is 11.7. The van der Waals surface area contributed by atoms with E-state index in [1.807, 2.05) is 42.6 Å². The van der Waals surface area contributed by atoms with Crippen LogP contribution in [0, 0.1) is 0 Å². The first-order valence-corrected chi connectivity index (χ1v) is 12.8. The van der Waals surface area contributed by atoms with E-state index in [1.165, 1.54) is 5.56 Å². The van der Waals surface area contributed by atoms with Crippen LogP contribution >= 0.6 is 0 Å². The molecule has 7 heteroatoms. The second kappa shape index (κ2) is 12.4. The number of hydrogen-bond donors (Lipinski definition) is 2. The van der Waals surface area contributed by atoms with Gasteiger partial charge in [-0.25, -0.2) is 0 Å². The van der Waals surface area contributed by atoms with Crippen LogP contribution in [-0.4, -0.2) is 45.9 Å². The number of methoxy groups -OCH3 is 4. The molecule has 1 amide bonds. The number of hydrogen-bond acceptors (Lipinski definition) is 5. The minimum Gasteiger partial charge on any atom is -0.497 e. The Morgan fingerprint density at radius 2 is 1.66 bits per heavy atom. The van der Waals surface area contributed by atoms with Crippen molar-refractivity contribution in [1.29, 1.82) is 0 Å². The number of aryl methyl sites for hydroxylation is 1. The van der Waals surface area contributed by atoms with Crippen molar-refractivity contribution in [2.75, 3.05) is 35.0 Å². The number of aromatic nitrogens is 1. The van der Waals surface area contributed by atoms with E-state index in [0.717, 1.165) is 34.0 Å². The Morgan fingerprint density at radius 1 is 0.868 bits per heavy atom. The second-order valence-electron chi connectivity index (χ2n) is 9.09. The van der Waals surface area contributed by atoms with Crippen LogP contribution in [0.2, 0.25) is 0 Å². The van der Waals surface area contributed by atoms with Gasteiger partial charge in [-0.3, -0.25) is 4.79 Å². The molecule has 38 heavy (non-hydrogen) atoms. The fourth-order valence-electron chi connectivity index (χ4n) is 4.96. The number of carbonyl (C=O) groups is 1. The molecule has 0 fully saturated rings. The Balaban J connectivity index is 1.59. The van der Waals surface area contributed by atoms with Gasteiger partial charge in [0.1, 0.15) is 11.5 Å². The third-order valence-electron chi connectivity index (χ3n) is 6.98. The number of aromatic amines is 1. The third kappa shape index (κ3) is 5.72. The molecule has 0 saturated carbocycles. The van der Waals surface area contributed by atoms with Gasteiger partial charge in [-0.05, 0) is 47.7 Å². The lowest BCUT2D eigenvalue weighted by Gasteiger charge is -2.20. The Labute approximate surface area is 224 Å². The first kappa shape index (κ1) is 26.9. The number of fused-ring (bicyclic) bond motifs is 1. The van der Waals surface area contributed by atoms with Crippen LogP contribution in [0.1, 0.15) is 41.5 Å². The SMILES string of the molecule is CCc1cccc2c(C(CC(=O)NCCc3ccc(OC)c(OC)c3)c3ccc(OC)cc3OC)c[nH]c12. The summed E-state index contributed by atoms with van der Waals surface area (Å²) in [7, 11) is 6.50. The summed E-state index contributed by atoms with van der Waals surface area (Å²) in [5.41, 5.74) is 5.41. The number of nitrogens with one attached hydrogen (secondary N) is 2. The number of ether oxygens (including phenoxy) is 4. The summed E-state index contributed by atoms with van der Waals surface area (Å²) < 4.78 is 21.9. The molecular weight excluding hydrogens is 480 g/mol. The monoisotopic (exact) mass is 516 g/mol. The highest BCUT2D eigenvalue weighted by Gasteiger charge is 2.25. The smallest absolute Gasteiger partial charge is 0.220 e. The molecule has 0 aliphatic rings. The van der Waals surface area contributed by atoms with Crippen molar-refractivity contribution >= 4 is 16.8 Å². The van der Waals surface area contributed by atoms with Crippen molar-refractivity contribution in [1.82, 2.24) is 10.3 Å². The Bertz CT molecular complexity index is 1390. The van der Waals surface area contributed by atoms with Crippen LogP contribution in [0.5, 0.6) is 23.0 Å². The van der Waals surface area contributed by atoms with E-state index in [-0.39, 0.29) is 18.2 Å². The van der Waals surface area contributed by atoms with E-state index < -0.39 is 0 Å². The average Bonchev–Trinajstić information content (AvgIpc) is 3.39. The van der Waals surface area contributed by atoms with Crippen molar-refractivity contribution in [3.63, 3.8) is 0 Å². The first-order chi connectivity index (χ1) is 18.5. The number of amides is 1. The van der Waals surface area contributed by atoms with Crippen LogP contribution in [0.3, 0.4) is 0 Å². The molecule has 0 aliphatic carbocycles. The van der Waals surface area contributed by atoms with Crippen LogP contribution in [-0.2, 0) is 17.6 Å².